The van der Waals surface area contributed by atoms with E-state index in [1.807, 2.05) is 0 Å². The molecule has 1 aliphatic rings. The van der Waals surface area contributed by atoms with E-state index < -0.39 is 17.7 Å². The average molecular weight is 279 g/mol. The van der Waals surface area contributed by atoms with Gasteiger partial charge >= 0.3 is 6.18 Å². The van der Waals surface area contributed by atoms with Crippen molar-refractivity contribution in [3.05, 3.63) is 35.4 Å². The second-order valence-corrected chi connectivity index (χ2v) is 4.83. The number of hydrogen-bond donors (Lipinski definition) is 0. The van der Waals surface area contributed by atoms with E-state index in [1.165, 1.54) is 6.07 Å². The average Bonchev–Trinajstić information content (AvgIpc) is 2.31. The molecule has 0 spiro atoms. The topological polar surface area (TPSA) is 3.24 Å². The lowest BCUT2D eigenvalue weighted by atomic mass is 10.0. The Bertz CT molecular complexity index is 431. The summed E-state index contributed by atoms with van der Waals surface area (Å²) < 4.78 is 63.5. The molecular weight excluding hydrogens is 265 g/mol. The van der Waals surface area contributed by atoms with E-state index in [2.05, 4.69) is 0 Å². The number of hydrogen-bond acceptors (Lipinski definition) is 1. The van der Waals surface area contributed by atoms with Crippen LogP contribution in [0.3, 0.4) is 0 Å². The Morgan fingerprint density at radius 1 is 1.11 bits per heavy atom. The molecule has 0 radical (unpaired) electrons. The first-order valence-corrected chi connectivity index (χ1v) is 6.03. The molecule has 1 saturated heterocycles. The molecule has 0 N–H and O–H groups in total. The Morgan fingerprint density at radius 3 is 2.32 bits per heavy atom. The summed E-state index contributed by atoms with van der Waals surface area (Å²) in [5, 5.41) is 0. The van der Waals surface area contributed by atoms with Crippen LogP contribution in [0.4, 0.5) is 22.0 Å². The van der Waals surface area contributed by atoms with E-state index in [-0.39, 0.29) is 32.5 Å². The second-order valence-electron chi connectivity index (χ2n) is 4.83. The molecule has 106 valence electrons. The van der Waals surface area contributed by atoms with Crippen LogP contribution in [0, 0.1) is 0 Å². The third kappa shape index (κ3) is 3.89. The van der Waals surface area contributed by atoms with Crippen molar-refractivity contribution in [2.24, 2.45) is 0 Å². The van der Waals surface area contributed by atoms with Crippen molar-refractivity contribution in [3.8, 4) is 0 Å². The fraction of sp³-hybridized carbons (Fsp3) is 0.538. The predicted octanol–water partition coefficient (Wildman–Crippen LogP) is 3.94. The van der Waals surface area contributed by atoms with Gasteiger partial charge in [0.2, 0.25) is 0 Å². The van der Waals surface area contributed by atoms with Gasteiger partial charge in [-0.2, -0.15) is 13.2 Å². The van der Waals surface area contributed by atoms with Gasteiger partial charge in [-0.25, -0.2) is 8.78 Å². The van der Waals surface area contributed by atoms with Gasteiger partial charge in [-0.05, 0) is 11.6 Å². The molecule has 0 aromatic heterocycles. The Labute approximate surface area is 108 Å². The molecule has 0 aliphatic carbocycles. The number of halogens is 5. The standard InChI is InChI=1S/C13H14F5N/c14-12(15)4-6-19(7-5-12)9-10-2-1-3-11(8-10)13(16,17)18/h1-3,8H,4-7,9H2. The van der Waals surface area contributed by atoms with E-state index in [1.54, 1.807) is 11.0 Å². The highest BCUT2D eigenvalue weighted by molar-refractivity contribution is 5.25. The van der Waals surface area contributed by atoms with E-state index >= 15 is 0 Å². The van der Waals surface area contributed by atoms with E-state index in [0.29, 0.717) is 5.56 Å². The van der Waals surface area contributed by atoms with Gasteiger partial charge in [-0.1, -0.05) is 18.2 Å². The molecule has 0 saturated carbocycles. The molecule has 1 heterocycles. The van der Waals surface area contributed by atoms with Crippen molar-refractivity contribution in [3.63, 3.8) is 0 Å². The molecule has 2 rings (SSSR count). The molecule has 0 bridgehead atoms. The Balaban J connectivity index is 2.00. The monoisotopic (exact) mass is 279 g/mol. The van der Waals surface area contributed by atoms with Gasteiger partial charge in [-0.3, -0.25) is 4.90 Å². The van der Waals surface area contributed by atoms with Crippen LogP contribution in [-0.4, -0.2) is 23.9 Å². The molecular formula is C13H14F5N. The smallest absolute Gasteiger partial charge is 0.299 e. The number of alkyl halides is 5. The van der Waals surface area contributed by atoms with Gasteiger partial charge in [0.05, 0.1) is 5.56 Å². The summed E-state index contributed by atoms with van der Waals surface area (Å²) >= 11 is 0. The molecule has 1 nitrogen and oxygen atoms in total. The minimum absolute atomic E-state index is 0.212. The molecule has 1 aromatic carbocycles. The SMILES string of the molecule is FC1(F)CCN(Cc2cccc(C(F)(F)F)c2)CC1. The summed E-state index contributed by atoms with van der Waals surface area (Å²) in [6.45, 7) is 0.701. The summed E-state index contributed by atoms with van der Waals surface area (Å²) in [6.07, 6.45) is -4.83. The summed E-state index contributed by atoms with van der Waals surface area (Å²) in [5.74, 6) is -2.63. The van der Waals surface area contributed by atoms with E-state index in [9.17, 15) is 22.0 Å². The first-order valence-electron chi connectivity index (χ1n) is 6.03. The molecule has 6 heteroatoms. The summed E-state index contributed by atoms with van der Waals surface area (Å²) in [4.78, 5) is 1.76. The molecule has 0 unspecified atom stereocenters. The van der Waals surface area contributed by atoms with Crippen molar-refractivity contribution >= 4 is 0 Å². The van der Waals surface area contributed by atoms with Crippen LogP contribution >= 0.6 is 0 Å². The largest absolute Gasteiger partial charge is 0.416 e. The highest BCUT2D eigenvalue weighted by atomic mass is 19.4. The zero-order chi connectivity index (χ0) is 14.1. The molecule has 19 heavy (non-hydrogen) atoms. The van der Waals surface area contributed by atoms with Crippen LogP contribution in [-0.2, 0) is 12.7 Å². The minimum atomic E-state index is -4.37. The van der Waals surface area contributed by atoms with Crippen LogP contribution < -0.4 is 0 Å². The van der Waals surface area contributed by atoms with Gasteiger partial charge < -0.3 is 0 Å². The third-order valence-corrected chi connectivity index (χ3v) is 3.25. The number of rotatable bonds is 2. The maximum absolute atomic E-state index is 13.0. The lowest BCUT2D eigenvalue weighted by Gasteiger charge is -2.31. The first-order chi connectivity index (χ1) is 8.76. The number of likely N-dealkylation sites (tertiary alicyclic amines) is 1. The summed E-state index contributed by atoms with van der Waals surface area (Å²) in [5.41, 5.74) is -0.201. The number of benzene rings is 1. The first kappa shape index (κ1) is 14.2. The fourth-order valence-corrected chi connectivity index (χ4v) is 2.14. The quantitative estimate of drug-likeness (QED) is 0.741. The maximum Gasteiger partial charge on any atom is 0.416 e. The van der Waals surface area contributed by atoms with Gasteiger partial charge in [0, 0.05) is 32.5 Å². The van der Waals surface area contributed by atoms with Gasteiger partial charge in [-0.15, -0.1) is 0 Å². The van der Waals surface area contributed by atoms with Crippen LogP contribution in [0.1, 0.15) is 24.0 Å². The van der Waals surface area contributed by atoms with Gasteiger partial charge in [0.1, 0.15) is 0 Å². The molecule has 0 atom stereocenters. The lowest BCUT2D eigenvalue weighted by Crippen LogP contribution is -2.38. The zero-order valence-corrected chi connectivity index (χ0v) is 10.2. The van der Waals surface area contributed by atoms with Crippen molar-refractivity contribution < 1.29 is 22.0 Å². The lowest BCUT2D eigenvalue weighted by molar-refractivity contribution is -0.137. The molecule has 1 fully saturated rings. The van der Waals surface area contributed by atoms with E-state index in [4.69, 9.17) is 0 Å². The van der Waals surface area contributed by atoms with Crippen molar-refractivity contribution in [1.82, 2.24) is 4.90 Å². The second kappa shape index (κ2) is 5.07. The normalized spacial score (nSPS) is 20.5. The van der Waals surface area contributed by atoms with Crippen LogP contribution in [0.2, 0.25) is 0 Å². The number of nitrogens with zero attached hydrogens (tertiary/aromatic N) is 1. The van der Waals surface area contributed by atoms with Gasteiger partial charge in [0.15, 0.2) is 0 Å². The van der Waals surface area contributed by atoms with E-state index in [0.717, 1.165) is 12.1 Å². The predicted molar refractivity (Wildman–Crippen MR) is 60.9 cm³/mol. The highest BCUT2D eigenvalue weighted by Crippen LogP contribution is 2.31. The van der Waals surface area contributed by atoms with Crippen LogP contribution in [0.5, 0.6) is 0 Å². The Kier molecular flexibility index (Phi) is 3.80. The van der Waals surface area contributed by atoms with Crippen molar-refractivity contribution in [2.45, 2.75) is 31.5 Å². The highest BCUT2D eigenvalue weighted by Gasteiger charge is 2.34. The fourth-order valence-electron chi connectivity index (χ4n) is 2.14. The van der Waals surface area contributed by atoms with Crippen LogP contribution in [0.15, 0.2) is 24.3 Å². The van der Waals surface area contributed by atoms with Crippen molar-refractivity contribution in [2.75, 3.05) is 13.1 Å². The third-order valence-electron chi connectivity index (χ3n) is 3.25. The summed E-state index contributed by atoms with van der Waals surface area (Å²) in [7, 11) is 0. The molecule has 1 aromatic rings. The zero-order valence-electron chi connectivity index (χ0n) is 10.2. The maximum atomic E-state index is 13.0. The summed E-state index contributed by atoms with van der Waals surface area (Å²) in [6, 6.07) is 5.01. The molecule has 0 amide bonds. The van der Waals surface area contributed by atoms with Crippen LogP contribution in [0.25, 0.3) is 0 Å². The minimum Gasteiger partial charge on any atom is -0.299 e. The number of piperidine rings is 1. The van der Waals surface area contributed by atoms with Gasteiger partial charge in [0.25, 0.3) is 5.92 Å². The van der Waals surface area contributed by atoms with Crippen molar-refractivity contribution in [1.29, 1.82) is 0 Å². The Hall–Kier alpha value is -1.17. The molecule has 1 aliphatic heterocycles. The Morgan fingerprint density at radius 2 is 1.74 bits per heavy atom.